The highest BCUT2D eigenvalue weighted by atomic mass is 15.0. The van der Waals surface area contributed by atoms with Gasteiger partial charge in [0.25, 0.3) is 0 Å². The zero-order valence-corrected chi connectivity index (χ0v) is 24.0. The molecule has 0 amide bonds. The van der Waals surface area contributed by atoms with E-state index in [2.05, 4.69) is 168 Å². The van der Waals surface area contributed by atoms with Crippen LogP contribution in [0.25, 0.3) is 60.9 Å². The maximum atomic E-state index is 2.51. The Kier molecular flexibility index (Phi) is 4.71. The van der Waals surface area contributed by atoms with Crippen molar-refractivity contribution in [2.75, 3.05) is 0 Å². The first-order valence-corrected chi connectivity index (χ1v) is 15.4. The lowest BCUT2D eigenvalue weighted by molar-refractivity contribution is 0.750. The highest BCUT2D eigenvalue weighted by molar-refractivity contribution is 6.13. The van der Waals surface area contributed by atoms with Gasteiger partial charge >= 0.3 is 0 Å². The first-order valence-electron chi connectivity index (χ1n) is 15.4. The summed E-state index contributed by atoms with van der Waals surface area (Å²) in [5.74, 6) is 0. The molecule has 10 rings (SSSR count). The van der Waals surface area contributed by atoms with Crippen LogP contribution >= 0.6 is 0 Å². The van der Waals surface area contributed by atoms with Crippen LogP contribution < -0.4 is 0 Å². The molecule has 204 valence electrons. The van der Waals surface area contributed by atoms with Crippen molar-refractivity contribution in [3.05, 3.63) is 186 Å². The second kappa shape index (κ2) is 8.69. The number of hydrogen-bond donors (Lipinski definition) is 0. The molecule has 0 N–H and O–H groups in total. The molecule has 0 fully saturated rings. The van der Waals surface area contributed by atoms with Gasteiger partial charge in [0.2, 0.25) is 0 Å². The molecule has 1 aromatic heterocycles. The molecule has 1 nitrogen and oxygen atoms in total. The van der Waals surface area contributed by atoms with Crippen molar-refractivity contribution >= 4 is 21.8 Å². The fraction of sp³-hybridized carbons (Fsp3) is 0.0233. The fourth-order valence-electron chi connectivity index (χ4n) is 8.34. The van der Waals surface area contributed by atoms with Gasteiger partial charge in [0.15, 0.2) is 0 Å². The van der Waals surface area contributed by atoms with Crippen LogP contribution in [0.4, 0.5) is 0 Å². The summed E-state index contributed by atoms with van der Waals surface area (Å²) in [6, 6.07) is 60.7. The van der Waals surface area contributed by atoms with Crippen LogP contribution in [0.3, 0.4) is 0 Å². The maximum absolute atomic E-state index is 2.51. The fourth-order valence-corrected chi connectivity index (χ4v) is 8.34. The summed E-state index contributed by atoms with van der Waals surface area (Å²) >= 11 is 0. The van der Waals surface area contributed by atoms with E-state index in [0.717, 1.165) is 0 Å². The maximum Gasteiger partial charge on any atom is 0.0760 e. The van der Waals surface area contributed by atoms with Crippen LogP contribution in [-0.2, 0) is 5.41 Å². The Morgan fingerprint density at radius 1 is 0.364 bits per heavy atom. The topological polar surface area (TPSA) is 4.93 Å². The van der Waals surface area contributed by atoms with Crippen LogP contribution in [-0.4, -0.2) is 4.57 Å². The van der Waals surface area contributed by atoms with Crippen LogP contribution in [0, 0.1) is 0 Å². The third-order valence-corrected chi connectivity index (χ3v) is 10.0. The van der Waals surface area contributed by atoms with Crippen molar-refractivity contribution in [1.82, 2.24) is 4.57 Å². The highest BCUT2D eigenvalue weighted by Gasteiger charge is 2.51. The van der Waals surface area contributed by atoms with E-state index in [9.17, 15) is 0 Å². The molecular weight excluding hydrogens is 530 g/mol. The largest absolute Gasteiger partial charge is 0.309 e. The van der Waals surface area contributed by atoms with Gasteiger partial charge in [-0.1, -0.05) is 152 Å². The van der Waals surface area contributed by atoms with Crippen molar-refractivity contribution in [2.24, 2.45) is 0 Å². The van der Waals surface area contributed by atoms with E-state index in [0.29, 0.717) is 0 Å². The van der Waals surface area contributed by atoms with Crippen molar-refractivity contribution in [3.63, 3.8) is 0 Å². The standard InChI is InChI=1S/C43H27N/c1-2-12-28(13-3-1)29-24-26-30(27-25-29)31-16-10-17-34-32-14-4-6-19-36(32)43(41(31)34)37-20-7-9-23-40(37)44-39-22-8-5-15-33(39)35-18-11-21-38(43)42(35)44/h1-27H. The minimum Gasteiger partial charge on any atom is -0.309 e. The summed E-state index contributed by atoms with van der Waals surface area (Å²) in [7, 11) is 0. The Labute approximate surface area is 256 Å². The summed E-state index contributed by atoms with van der Waals surface area (Å²) in [5.41, 5.74) is 16.4. The number of rotatable bonds is 2. The van der Waals surface area contributed by atoms with Gasteiger partial charge in [-0.3, -0.25) is 0 Å². The molecule has 7 aromatic carbocycles. The van der Waals surface area contributed by atoms with Crippen molar-refractivity contribution < 1.29 is 0 Å². The van der Waals surface area contributed by atoms with Gasteiger partial charge in [-0.2, -0.15) is 0 Å². The van der Waals surface area contributed by atoms with Gasteiger partial charge in [0, 0.05) is 10.8 Å². The molecule has 2 aliphatic rings. The first-order chi connectivity index (χ1) is 21.9. The number of para-hydroxylation sites is 3. The second-order valence-corrected chi connectivity index (χ2v) is 12.0. The van der Waals surface area contributed by atoms with E-state index in [1.807, 2.05) is 0 Å². The highest BCUT2D eigenvalue weighted by Crippen LogP contribution is 2.62. The van der Waals surface area contributed by atoms with Gasteiger partial charge in [0.1, 0.15) is 0 Å². The second-order valence-electron chi connectivity index (χ2n) is 12.0. The minimum absolute atomic E-state index is 0.457. The Morgan fingerprint density at radius 2 is 0.955 bits per heavy atom. The van der Waals surface area contributed by atoms with Crippen LogP contribution in [0.2, 0.25) is 0 Å². The minimum atomic E-state index is -0.457. The Balaban J connectivity index is 1.35. The summed E-state index contributed by atoms with van der Waals surface area (Å²) < 4.78 is 2.51. The number of fused-ring (bicyclic) bond motifs is 12. The molecule has 1 heteroatoms. The monoisotopic (exact) mass is 557 g/mol. The third-order valence-electron chi connectivity index (χ3n) is 10.0. The van der Waals surface area contributed by atoms with E-state index in [-0.39, 0.29) is 0 Å². The number of nitrogens with zero attached hydrogens (tertiary/aromatic N) is 1. The summed E-state index contributed by atoms with van der Waals surface area (Å²) in [6.45, 7) is 0. The van der Waals surface area contributed by atoms with Crippen molar-refractivity contribution in [2.45, 2.75) is 5.41 Å². The lowest BCUT2D eigenvalue weighted by atomic mass is 9.64. The quantitative estimate of drug-likeness (QED) is 0.199. The zero-order valence-electron chi connectivity index (χ0n) is 24.0. The summed E-state index contributed by atoms with van der Waals surface area (Å²) in [6.07, 6.45) is 0. The van der Waals surface area contributed by atoms with E-state index < -0.39 is 5.41 Å². The molecule has 0 saturated carbocycles. The molecule has 0 saturated heterocycles. The van der Waals surface area contributed by atoms with Gasteiger partial charge in [-0.05, 0) is 67.8 Å². The van der Waals surface area contributed by atoms with Gasteiger partial charge in [-0.25, -0.2) is 0 Å². The molecule has 2 heterocycles. The van der Waals surface area contributed by atoms with E-state index in [4.69, 9.17) is 0 Å². The molecule has 1 aliphatic carbocycles. The Morgan fingerprint density at radius 3 is 1.84 bits per heavy atom. The first kappa shape index (κ1) is 23.9. The van der Waals surface area contributed by atoms with Crippen LogP contribution in [0.5, 0.6) is 0 Å². The number of hydrogen-bond acceptors (Lipinski definition) is 0. The zero-order chi connectivity index (χ0) is 28.8. The molecule has 1 unspecified atom stereocenters. The van der Waals surface area contributed by atoms with Gasteiger partial charge in [0.05, 0.1) is 22.1 Å². The predicted octanol–water partition coefficient (Wildman–Crippen LogP) is 10.8. The molecule has 1 spiro atoms. The van der Waals surface area contributed by atoms with Crippen molar-refractivity contribution in [1.29, 1.82) is 0 Å². The summed E-state index contributed by atoms with van der Waals surface area (Å²) in [5, 5.41) is 2.61. The van der Waals surface area contributed by atoms with Gasteiger partial charge < -0.3 is 4.57 Å². The summed E-state index contributed by atoms with van der Waals surface area (Å²) in [4.78, 5) is 0. The van der Waals surface area contributed by atoms with E-state index >= 15 is 0 Å². The molecular formula is C43H27N. The molecule has 1 aliphatic heterocycles. The van der Waals surface area contributed by atoms with Crippen LogP contribution in [0.15, 0.2) is 164 Å². The third kappa shape index (κ3) is 2.89. The van der Waals surface area contributed by atoms with Gasteiger partial charge in [-0.15, -0.1) is 0 Å². The SMILES string of the molecule is c1ccc(-c2ccc(-c3cccc4c3C3(c5ccccc5-4)c4ccccc4-n4c5ccccc5c5cccc3c54)cc2)cc1. The van der Waals surface area contributed by atoms with E-state index in [1.54, 1.807) is 0 Å². The smallest absolute Gasteiger partial charge is 0.0760 e. The predicted molar refractivity (Wildman–Crippen MR) is 183 cm³/mol. The normalized spacial score (nSPS) is 15.8. The number of benzene rings is 7. The molecule has 44 heavy (non-hydrogen) atoms. The average Bonchev–Trinajstić information content (AvgIpc) is 3.60. The number of aromatic nitrogens is 1. The van der Waals surface area contributed by atoms with Crippen LogP contribution in [0.1, 0.15) is 22.3 Å². The Bertz CT molecular complexity index is 2430. The van der Waals surface area contributed by atoms with E-state index in [1.165, 1.54) is 83.1 Å². The molecule has 0 radical (unpaired) electrons. The lowest BCUT2D eigenvalue weighted by Crippen LogP contribution is -2.34. The lowest BCUT2D eigenvalue weighted by Gasteiger charge is -2.40. The molecule has 8 aromatic rings. The average molecular weight is 558 g/mol. The van der Waals surface area contributed by atoms with Crippen molar-refractivity contribution in [3.8, 4) is 39.1 Å². The molecule has 1 atom stereocenters. The molecule has 0 bridgehead atoms. The Hall–Kier alpha value is -5.66.